The number of carbonyl (C=O) groups excluding carboxylic acids is 2. The number of hydrogen-bond acceptors (Lipinski definition) is 7. The first kappa shape index (κ1) is 14.7. The lowest BCUT2D eigenvalue weighted by atomic mass is 10.0. The van der Waals surface area contributed by atoms with Crippen molar-refractivity contribution in [1.29, 1.82) is 0 Å². The Balaban J connectivity index is 2.53. The standard InChI is InChI=1S/C12H14O7/c1-7(3-10(15)17-2)4-11(16)19-12-5-8(13)9(14)6-18-12/h5-7,14H,3-4H2,1-2H3. The molecule has 0 aliphatic rings. The molecular formula is C12H14O7. The van der Waals surface area contributed by atoms with Gasteiger partial charge in [0.25, 0.3) is 5.95 Å². The quantitative estimate of drug-likeness (QED) is 0.790. The summed E-state index contributed by atoms with van der Waals surface area (Å²) in [5, 5.41) is 8.95. The number of aromatic hydroxyl groups is 1. The number of rotatable bonds is 5. The molecule has 0 spiro atoms. The average molecular weight is 270 g/mol. The number of methoxy groups -OCH3 is 1. The maximum absolute atomic E-state index is 11.5. The van der Waals surface area contributed by atoms with Gasteiger partial charge in [0.1, 0.15) is 6.26 Å². The van der Waals surface area contributed by atoms with Crippen LogP contribution in [0.5, 0.6) is 11.7 Å². The van der Waals surface area contributed by atoms with E-state index in [1.807, 2.05) is 0 Å². The molecule has 1 aromatic heterocycles. The molecule has 0 aliphatic carbocycles. The van der Waals surface area contributed by atoms with Gasteiger partial charge in [-0.2, -0.15) is 0 Å². The fraction of sp³-hybridized carbons (Fsp3) is 0.417. The Hall–Kier alpha value is -2.31. The van der Waals surface area contributed by atoms with Crippen molar-refractivity contribution in [2.75, 3.05) is 7.11 Å². The first-order valence-corrected chi connectivity index (χ1v) is 5.51. The fourth-order valence-electron chi connectivity index (χ4n) is 1.32. The zero-order valence-electron chi connectivity index (χ0n) is 10.5. The molecule has 19 heavy (non-hydrogen) atoms. The molecule has 0 fully saturated rings. The lowest BCUT2D eigenvalue weighted by Crippen LogP contribution is -2.16. The molecule has 104 valence electrons. The molecule has 0 aliphatic heterocycles. The molecule has 1 heterocycles. The Morgan fingerprint density at radius 1 is 1.37 bits per heavy atom. The van der Waals surface area contributed by atoms with Gasteiger partial charge in [-0.05, 0) is 5.92 Å². The van der Waals surface area contributed by atoms with Crippen molar-refractivity contribution in [3.05, 3.63) is 22.6 Å². The molecule has 0 amide bonds. The Morgan fingerprint density at radius 2 is 2.00 bits per heavy atom. The molecule has 1 unspecified atom stereocenters. The van der Waals surface area contributed by atoms with Crippen LogP contribution in [0.1, 0.15) is 19.8 Å². The van der Waals surface area contributed by atoms with Gasteiger partial charge in [-0.1, -0.05) is 6.92 Å². The molecule has 7 heteroatoms. The van der Waals surface area contributed by atoms with Gasteiger partial charge in [0.15, 0.2) is 5.75 Å². The van der Waals surface area contributed by atoms with Crippen LogP contribution >= 0.6 is 0 Å². The van der Waals surface area contributed by atoms with Crippen LogP contribution in [0.2, 0.25) is 0 Å². The van der Waals surface area contributed by atoms with Crippen molar-refractivity contribution >= 4 is 11.9 Å². The van der Waals surface area contributed by atoms with Crippen molar-refractivity contribution in [1.82, 2.24) is 0 Å². The van der Waals surface area contributed by atoms with Gasteiger partial charge in [-0.15, -0.1) is 0 Å². The Bertz CT molecular complexity index is 517. The molecule has 0 saturated carbocycles. The summed E-state index contributed by atoms with van der Waals surface area (Å²) in [5.41, 5.74) is -0.711. The van der Waals surface area contributed by atoms with E-state index in [4.69, 9.17) is 14.3 Å². The van der Waals surface area contributed by atoms with Crippen LogP contribution in [0, 0.1) is 5.92 Å². The second-order valence-corrected chi connectivity index (χ2v) is 4.01. The highest BCUT2D eigenvalue weighted by Crippen LogP contribution is 2.14. The van der Waals surface area contributed by atoms with E-state index in [1.165, 1.54) is 7.11 Å². The van der Waals surface area contributed by atoms with Gasteiger partial charge in [-0.3, -0.25) is 14.4 Å². The summed E-state index contributed by atoms with van der Waals surface area (Å²) in [6, 6.07) is 0.859. The SMILES string of the molecule is COC(=O)CC(C)CC(=O)Oc1cc(=O)c(O)co1. The first-order chi connectivity index (χ1) is 8.92. The second kappa shape index (κ2) is 6.58. The summed E-state index contributed by atoms with van der Waals surface area (Å²) in [4.78, 5) is 33.5. The van der Waals surface area contributed by atoms with E-state index in [0.717, 1.165) is 12.3 Å². The van der Waals surface area contributed by atoms with Crippen LogP contribution in [-0.4, -0.2) is 24.2 Å². The highest BCUT2D eigenvalue weighted by Gasteiger charge is 2.16. The average Bonchev–Trinajstić information content (AvgIpc) is 2.33. The topological polar surface area (TPSA) is 103 Å². The van der Waals surface area contributed by atoms with Gasteiger partial charge in [0, 0.05) is 12.8 Å². The van der Waals surface area contributed by atoms with E-state index >= 15 is 0 Å². The van der Waals surface area contributed by atoms with Crippen molar-refractivity contribution in [3.8, 4) is 11.7 Å². The smallest absolute Gasteiger partial charge is 0.313 e. The fourth-order valence-corrected chi connectivity index (χ4v) is 1.32. The molecule has 1 N–H and O–H groups in total. The maximum Gasteiger partial charge on any atom is 0.313 e. The van der Waals surface area contributed by atoms with Crippen molar-refractivity contribution in [2.24, 2.45) is 5.92 Å². The lowest BCUT2D eigenvalue weighted by molar-refractivity contribution is -0.142. The molecule has 0 radical (unpaired) electrons. The minimum absolute atomic E-state index is 0.0281. The molecule has 1 atom stereocenters. The van der Waals surface area contributed by atoms with Crippen molar-refractivity contribution in [2.45, 2.75) is 19.8 Å². The summed E-state index contributed by atoms with van der Waals surface area (Å²) in [5.74, 6) is -2.21. The Labute approximate surface area is 108 Å². The first-order valence-electron chi connectivity index (χ1n) is 5.51. The Morgan fingerprint density at radius 3 is 2.58 bits per heavy atom. The van der Waals surface area contributed by atoms with Crippen LogP contribution in [-0.2, 0) is 14.3 Å². The second-order valence-electron chi connectivity index (χ2n) is 4.01. The summed E-state index contributed by atoms with van der Waals surface area (Å²) in [6.45, 7) is 1.69. The van der Waals surface area contributed by atoms with Crippen LogP contribution in [0.3, 0.4) is 0 Å². The van der Waals surface area contributed by atoms with Gasteiger partial charge in [-0.25, -0.2) is 0 Å². The van der Waals surface area contributed by atoms with E-state index in [0.29, 0.717) is 0 Å². The van der Waals surface area contributed by atoms with Crippen LogP contribution in [0.15, 0.2) is 21.5 Å². The zero-order chi connectivity index (χ0) is 14.4. The predicted octanol–water partition coefficient (Wildman–Crippen LogP) is 0.840. The number of carbonyl (C=O) groups is 2. The van der Waals surface area contributed by atoms with E-state index in [9.17, 15) is 14.4 Å². The number of hydrogen-bond donors (Lipinski definition) is 1. The summed E-state index contributed by atoms with van der Waals surface area (Å²) in [7, 11) is 1.26. The molecule has 0 bridgehead atoms. The highest BCUT2D eigenvalue weighted by molar-refractivity contribution is 5.74. The number of esters is 2. The van der Waals surface area contributed by atoms with Crippen molar-refractivity contribution in [3.63, 3.8) is 0 Å². The third kappa shape index (κ3) is 4.82. The summed E-state index contributed by atoms with van der Waals surface area (Å²) < 4.78 is 13.9. The van der Waals surface area contributed by atoms with E-state index in [-0.39, 0.29) is 24.7 Å². The number of ether oxygens (including phenoxy) is 2. The molecule has 0 saturated heterocycles. The maximum atomic E-state index is 11.5. The summed E-state index contributed by atoms with van der Waals surface area (Å²) >= 11 is 0. The van der Waals surface area contributed by atoms with Crippen LogP contribution in [0.25, 0.3) is 0 Å². The predicted molar refractivity (Wildman–Crippen MR) is 62.7 cm³/mol. The molecular weight excluding hydrogens is 256 g/mol. The molecule has 7 nitrogen and oxygen atoms in total. The Kier molecular flexibility index (Phi) is 5.11. The minimum Gasteiger partial charge on any atom is -0.502 e. The van der Waals surface area contributed by atoms with E-state index in [2.05, 4.69) is 4.74 Å². The van der Waals surface area contributed by atoms with Crippen molar-refractivity contribution < 1.29 is 28.6 Å². The molecule has 1 aromatic rings. The van der Waals surface area contributed by atoms with Crippen LogP contribution < -0.4 is 10.2 Å². The lowest BCUT2D eigenvalue weighted by Gasteiger charge is -2.08. The highest BCUT2D eigenvalue weighted by atomic mass is 16.6. The zero-order valence-corrected chi connectivity index (χ0v) is 10.5. The molecule has 1 rings (SSSR count). The van der Waals surface area contributed by atoms with E-state index < -0.39 is 23.1 Å². The minimum atomic E-state index is -0.711. The van der Waals surface area contributed by atoms with Gasteiger partial charge in [0.2, 0.25) is 5.43 Å². The monoisotopic (exact) mass is 270 g/mol. The van der Waals surface area contributed by atoms with Gasteiger partial charge >= 0.3 is 11.9 Å². The third-order valence-corrected chi connectivity index (χ3v) is 2.26. The van der Waals surface area contributed by atoms with Crippen LogP contribution in [0.4, 0.5) is 0 Å². The molecule has 0 aromatic carbocycles. The van der Waals surface area contributed by atoms with Gasteiger partial charge < -0.3 is 19.0 Å². The van der Waals surface area contributed by atoms with E-state index in [1.54, 1.807) is 6.92 Å². The van der Waals surface area contributed by atoms with Gasteiger partial charge in [0.05, 0.1) is 13.2 Å². The summed E-state index contributed by atoms with van der Waals surface area (Å²) in [6.07, 6.45) is 0.841. The third-order valence-electron chi connectivity index (χ3n) is 2.26. The largest absolute Gasteiger partial charge is 0.502 e. The normalized spacial score (nSPS) is 11.7.